The lowest BCUT2D eigenvalue weighted by Gasteiger charge is -2.12. The molecule has 0 fully saturated rings. The summed E-state index contributed by atoms with van der Waals surface area (Å²) in [5.74, 6) is -3.37. The molecule has 0 radical (unpaired) electrons. The highest BCUT2D eigenvalue weighted by molar-refractivity contribution is 8.00. The third-order valence-corrected chi connectivity index (χ3v) is 4.09. The van der Waals surface area contributed by atoms with Crippen LogP contribution in [-0.4, -0.2) is 23.6 Å². The predicted molar refractivity (Wildman–Crippen MR) is 85.6 cm³/mol. The molecule has 0 atom stereocenters. The Morgan fingerprint density at radius 1 is 0.958 bits per heavy atom. The molecule has 1 N–H and O–H groups in total. The summed E-state index contributed by atoms with van der Waals surface area (Å²) in [5, 5.41) is 24.3. The van der Waals surface area contributed by atoms with Gasteiger partial charge in [0.2, 0.25) is 5.91 Å². The van der Waals surface area contributed by atoms with Gasteiger partial charge in [0.05, 0.1) is 17.7 Å². The molecule has 2 rings (SSSR count). The van der Waals surface area contributed by atoms with Crippen molar-refractivity contribution in [3.8, 4) is 0 Å². The van der Waals surface area contributed by atoms with Crippen molar-refractivity contribution in [2.24, 2.45) is 0 Å². The maximum absolute atomic E-state index is 12.0. The molecule has 2 aromatic rings. The van der Waals surface area contributed by atoms with Gasteiger partial charge in [0.25, 0.3) is 0 Å². The van der Waals surface area contributed by atoms with Gasteiger partial charge >= 0.3 is 0 Å². The first kappa shape index (κ1) is 17.6. The number of nitrogens with one attached hydrogen (secondary N) is 1. The second-order valence-corrected chi connectivity index (χ2v) is 6.07. The van der Waals surface area contributed by atoms with Crippen molar-refractivity contribution >= 4 is 35.3 Å². The number of amides is 1. The second kappa shape index (κ2) is 7.65. The first-order valence-electron chi connectivity index (χ1n) is 6.92. The van der Waals surface area contributed by atoms with Gasteiger partial charge in [-0.15, -0.1) is 11.8 Å². The Labute approximate surface area is 142 Å². The van der Waals surface area contributed by atoms with Crippen LogP contribution < -0.4 is 15.5 Å². The second-order valence-electron chi connectivity index (χ2n) is 5.02. The van der Waals surface area contributed by atoms with Crippen LogP contribution in [0, 0.1) is 6.92 Å². The Bertz CT molecular complexity index is 754. The van der Waals surface area contributed by atoms with Crippen molar-refractivity contribution in [1.82, 2.24) is 0 Å². The Hall–Kier alpha value is -2.80. The van der Waals surface area contributed by atoms with Gasteiger partial charge in [0.15, 0.2) is 0 Å². The topological polar surface area (TPSA) is 109 Å². The van der Waals surface area contributed by atoms with Crippen LogP contribution in [-0.2, 0) is 4.79 Å². The van der Waals surface area contributed by atoms with Gasteiger partial charge in [-0.25, -0.2) is 0 Å². The molecule has 2 aromatic carbocycles. The van der Waals surface area contributed by atoms with Crippen LogP contribution in [0.25, 0.3) is 0 Å². The van der Waals surface area contributed by atoms with Crippen molar-refractivity contribution in [2.75, 3.05) is 11.1 Å². The van der Waals surface area contributed by atoms with Crippen LogP contribution in [0.1, 0.15) is 26.3 Å². The Morgan fingerprint density at radius 2 is 1.50 bits per heavy atom. The SMILES string of the molecule is Cc1ccc(SCC(=O)Nc2cc(C(=O)[O-])cc(C(=O)[O-])c2)cc1. The van der Waals surface area contributed by atoms with Crippen molar-refractivity contribution in [1.29, 1.82) is 0 Å². The fourth-order valence-electron chi connectivity index (χ4n) is 1.92. The third-order valence-electron chi connectivity index (χ3n) is 3.08. The Kier molecular flexibility index (Phi) is 5.59. The summed E-state index contributed by atoms with van der Waals surface area (Å²) in [6.45, 7) is 1.96. The van der Waals surface area contributed by atoms with E-state index >= 15 is 0 Å². The van der Waals surface area contributed by atoms with E-state index in [1.54, 1.807) is 0 Å². The fraction of sp³-hybridized carbons (Fsp3) is 0.118. The van der Waals surface area contributed by atoms with Crippen LogP contribution in [0.2, 0.25) is 0 Å². The number of anilines is 1. The molecule has 0 spiro atoms. The molecule has 6 nitrogen and oxygen atoms in total. The molecular formula is C17H13NO5S-2. The van der Waals surface area contributed by atoms with E-state index in [0.29, 0.717) is 0 Å². The van der Waals surface area contributed by atoms with E-state index in [0.717, 1.165) is 28.7 Å². The number of rotatable bonds is 6. The van der Waals surface area contributed by atoms with Gasteiger partial charge in [0.1, 0.15) is 0 Å². The minimum Gasteiger partial charge on any atom is -0.545 e. The van der Waals surface area contributed by atoms with Gasteiger partial charge < -0.3 is 25.1 Å². The molecule has 24 heavy (non-hydrogen) atoms. The van der Waals surface area contributed by atoms with Gasteiger partial charge in [-0.1, -0.05) is 17.7 Å². The summed E-state index contributed by atoms with van der Waals surface area (Å²) >= 11 is 1.31. The number of aryl methyl sites for hydroxylation is 1. The van der Waals surface area contributed by atoms with E-state index < -0.39 is 11.9 Å². The van der Waals surface area contributed by atoms with E-state index in [4.69, 9.17) is 0 Å². The molecule has 0 aliphatic rings. The minimum atomic E-state index is -1.54. The lowest BCUT2D eigenvalue weighted by molar-refractivity contribution is -0.255. The van der Waals surface area contributed by atoms with Crippen LogP contribution in [0.15, 0.2) is 47.4 Å². The molecule has 0 aliphatic carbocycles. The zero-order valence-corrected chi connectivity index (χ0v) is 13.5. The molecular weight excluding hydrogens is 330 g/mol. The summed E-state index contributed by atoms with van der Waals surface area (Å²) in [7, 11) is 0. The Morgan fingerprint density at radius 3 is 2.00 bits per heavy atom. The highest BCUT2D eigenvalue weighted by atomic mass is 32.2. The number of benzene rings is 2. The quantitative estimate of drug-likeness (QED) is 0.763. The largest absolute Gasteiger partial charge is 0.545 e. The number of carboxylic acids is 2. The van der Waals surface area contributed by atoms with Gasteiger partial charge in [0, 0.05) is 10.6 Å². The summed E-state index contributed by atoms with van der Waals surface area (Å²) in [4.78, 5) is 34.7. The van der Waals surface area contributed by atoms with Gasteiger partial charge in [-0.05, 0) is 48.4 Å². The fourth-order valence-corrected chi connectivity index (χ4v) is 2.61. The molecule has 7 heteroatoms. The smallest absolute Gasteiger partial charge is 0.234 e. The molecule has 0 saturated carbocycles. The highest BCUT2D eigenvalue weighted by Gasteiger charge is 2.07. The lowest BCUT2D eigenvalue weighted by Crippen LogP contribution is -2.26. The molecule has 124 valence electrons. The van der Waals surface area contributed by atoms with E-state index in [1.807, 2.05) is 31.2 Å². The average molecular weight is 343 g/mol. The van der Waals surface area contributed by atoms with Gasteiger partial charge in [-0.3, -0.25) is 4.79 Å². The summed E-state index contributed by atoms with van der Waals surface area (Å²) in [6.07, 6.45) is 0. The molecule has 0 bridgehead atoms. The number of hydrogen-bond donors (Lipinski definition) is 1. The van der Waals surface area contributed by atoms with E-state index in [-0.39, 0.29) is 28.5 Å². The average Bonchev–Trinajstić information content (AvgIpc) is 2.54. The van der Waals surface area contributed by atoms with Crippen LogP contribution in [0.4, 0.5) is 5.69 Å². The van der Waals surface area contributed by atoms with Crippen LogP contribution in [0.3, 0.4) is 0 Å². The zero-order chi connectivity index (χ0) is 17.7. The molecule has 0 saturated heterocycles. The van der Waals surface area contributed by atoms with E-state index in [9.17, 15) is 24.6 Å². The van der Waals surface area contributed by atoms with E-state index in [1.165, 1.54) is 11.8 Å². The maximum Gasteiger partial charge on any atom is 0.234 e. The molecule has 0 aliphatic heterocycles. The summed E-state index contributed by atoms with van der Waals surface area (Å²) < 4.78 is 0. The number of carbonyl (C=O) groups is 3. The van der Waals surface area contributed by atoms with E-state index in [2.05, 4.69) is 5.32 Å². The van der Waals surface area contributed by atoms with Crippen LogP contribution in [0.5, 0.6) is 0 Å². The first-order valence-corrected chi connectivity index (χ1v) is 7.91. The number of aromatic carboxylic acids is 2. The normalized spacial score (nSPS) is 10.2. The molecule has 0 aromatic heterocycles. The highest BCUT2D eigenvalue weighted by Crippen LogP contribution is 2.19. The molecule has 0 heterocycles. The van der Waals surface area contributed by atoms with Crippen molar-refractivity contribution in [2.45, 2.75) is 11.8 Å². The minimum absolute atomic E-state index is 0.0606. The van der Waals surface area contributed by atoms with Crippen molar-refractivity contribution in [3.05, 3.63) is 59.2 Å². The third kappa shape index (κ3) is 4.85. The summed E-state index contributed by atoms with van der Waals surface area (Å²) in [5.41, 5.74) is 0.472. The standard InChI is InChI=1S/C17H15NO5S/c1-10-2-4-14(5-3-10)24-9-15(19)18-13-7-11(16(20)21)6-12(8-13)17(22)23/h2-8H,9H2,1H3,(H,18,19)(H,20,21)(H,22,23)/p-2. The number of thioether (sulfide) groups is 1. The lowest BCUT2D eigenvalue weighted by atomic mass is 10.1. The van der Waals surface area contributed by atoms with Crippen LogP contribution >= 0.6 is 11.8 Å². The maximum atomic E-state index is 12.0. The summed E-state index contributed by atoms with van der Waals surface area (Å²) in [6, 6.07) is 10.8. The molecule has 1 amide bonds. The van der Waals surface area contributed by atoms with Crippen molar-refractivity contribution in [3.63, 3.8) is 0 Å². The number of carbonyl (C=O) groups excluding carboxylic acids is 3. The number of carboxylic acid groups (broad SMARTS) is 2. The van der Waals surface area contributed by atoms with Gasteiger partial charge in [-0.2, -0.15) is 0 Å². The van der Waals surface area contributed by atoms with Crippen molar-refractivity contribution < 1.29 is 24.6 Å². The molecule has 0 unspecified atom stereocenters. The predicted octanol–water partition coefficient (Wildman–Crippen LogP) is 0.453. The monoisotopic (exact) mass is 343 g/mol. The zero-order valence-electron chi connectivity index (χ0n) is 12.7. The Balaban J connectivity index is 2.06. The first-order chi connectivity index (χ1) is 11.3. The number of hydrogen-bond acceptors (Lipinski definition) is 6.